The number of carboxylic acid groups (broad SMARTS) is 1. The Bertz CT molecular complexity index is 1490. The van der Waals surface area contributed by atoms with Crippen LogP contribution in [0.1, 0.15) is 29.6 Å². The maximum Gasteiger partial charge on any atom is 0.338 e. The summed E-state index contributed by atoms with van der Waals surface area (Å²) in [5.41, 5.74) is -4.60. The van der Waals surface area contributed by atoms with E-state index in [0.29, 0.717) is 25.6 Å². The van der Waals surface area contributed by atoms with Gasteiger partial charge in [0.15, 0.2) is 5.60 Å². The number of hydrogen-bond donors (Lipinski definition) is 3. The number of aliphatic hydroxyl groups is 2. The van der Waals surface area contributed by atoms with Crippen LogP contribution in [0.4, 0.5) is 0 Å². The molecule has 3 N–H and O–H groups in total. The zero-order valence-electron chi connectivity index (χ0n) is 27.8. The molecule has 262 valence electrons. The van der Waals surface area contributed by atoms with Gasteiger partial charge in [0.05, 0.1) is 24.4 Å². The van der Waals surface area contributed by atoms with Crippen molar-refractivity contribution in [2.24, 2.45) is 34.5 Å². The zero-order valence-corrected chi connectivity index (χ0v) is 27.8. The molecule has 7 rings (SSSR count). The minimum atomic E-state index is -1.88. The zero-order chi connectivity index (χ0) is 34.4. The number of benzene rings is 1. The Kier molecular flexibility index (Phi) is 8.10. The van der Waals surface area contributed by atoms with Crippen molar-refractivity contribution in [1.82, 2.24) is 4.90 Å². The molecule has 1 unspecified atom stereocenters. The lowest BCUT2D eigenvalue weighted by Gasteiger charge is -2.69. The number of carboxylic acids is 1. The lowest BCUT2D eigenvalue weighted by Crippen LogP contribution is -2.80. The summed E-state index contributed by atoms with van der Waals surface area (Å²) in [5.74, 6) is -5.46. The van der Waals surface area contributed by atoms with E-state index in [-0.39, 0.29) is 30.0 Å². The lowest BCUT2D eigenvalue weighted by atomic mass is 9.43. The Balaban J connectivity index is 1.51. The van der Waals surface area contributed by atoms with Gasteiger partial charge in [-0.3, -0.25) is 0 Å². The van der Waals surface area contributed by atoms with Crippen LogP contribution in [-0.4, -0.2) is 135 Å². The summed E-state index contributed by atoms with van der Waals surface area (Å²) in [4.78, 5) is 41.2. The van der Waals surface area contributed by atoms with Gasteiger partial charge in [0, 0.05) is 81.8 Å². The van der Waals surface area contributed by atoms with Crippen LogP contribution in [0, 0.1) is 34.5 Å². The number of likely N-dealkylation sites (tertiary alicyclic amines) is 1. The summed E-state index contributed by atoms with van der Waals surface area (Å²) in [5, 5.41) is 34.7. The van der Waals surface area contributed by atoms with Crippen LogP contribution in [0.5, 0.6) is 0 Å². The van der Waals surface area contributed by atoms with Crippen molar-refractivity contribution in [3.63, 3.8) is 0 Å². The van der Waals surface area contributed by atoms with Gasteiger partial charge < -0.3 is 48.6 Å². The second kappa shape index (κ2) is 11.6. The standard InChI is InChI=1S/C35H45NO12/c1-36-16-32(17-43-2)14-13-20(44-3)34-19-15-33(42)29(47-31(41)18-9-7-6-8-10-18)23(19)35(28(40)30(33)46-5,48-22(39)12-11-21(37)38)24(27(34)36)25(45-4)26(32)34/h6-12,19-20,23-30,40,42H,13-17H2,1-5H3,(H,37,38)/b12-11+/t19-,20+,23-,24+,25+,26-,27?,28+,29-,30+,32+,33-,34+,35-/m1/s1. The second-order valence-electron chi connectivity index (χ2n) is 14.7. The predicted molar refractivity (Wildman–Crippen MR) is 166 cm³/mol. The monoisotopic (exact) mass is 671 g/mol. The summed E-state index contributed by atoms with van der Waals surface area (Å²) in [6.45, 7) is 1.07. The number of fused-ring (bicyclic) bond motifs is 2. The topological polar surface area (TPSA) is 171 Å². The first-order valence-electron chi connectivity index (χ1n) is 16.5. The molecular weight excluding hydrogens is 626 g/mol. The number of piperidine rings is 1. The van der Waals surface area contributed by atoms with Crippen molar-refractivity contribution in [3.05, 3.63) is 48.0 Å². The van der Waals surface area contributed by atoms with Gasteiger partial charge in [0.1, 0.15) is 23.9 Å². The van der Waals surface area contributed by atoms with E-state index in [1.54, 1.807) is 51.7 Å². The predicted octanol–water partition coefficient (Wildman–Crippen LogP) is 0.908. The molecule has 5 saturated carbocycles. The first-order valence-corrected chi connectivity index (χ1v) is 16.5. The normalized spacial score (nSPS) is 46.8. The van der Waals surface area contributed by atoms with E-state index in [1.165, 1.54) is 7.11 Å². The number of rotatable bonds is 10. The molecule has 1 heterocycles. The first-order chi connectivity index (χ1) is 22.9. The van der Waals surface area contributed by atoms with Gasteiger partial charge in [-0.25, -0.2) is 14.4 Å². The van der Waals surface area contributed by atoms with Crippen LogP contribution in [-0.2, 0) is 38.0 Å². The lowest BCUT2D eigenvalue weighted by molar-refractivity contribution is -0.315. The number of carbonyl (C=O) groups excluding carboxylic acids is 2. The molecule has 13 nitrogen and oxygen atoms in total. The van der Waals surface area contributed by atoms with Crippen molar-refractivity contribution in [2.45, 2.75) is 67.0 Å². The number of methoxy groups -OCH3 is 4. The van der Waals surface area contributed by atoms with Crippen molar-refractivity contribution in [3.8, 4) is 0 Å². The van der Waals surface area contributed by atoms with Crippen LogP contribution in [0.2, 0.25) is 0 Å². The Morgan fingerprint density at radius 1 is 1.00 bits per heavy atom. The number of esters is 2. The maximum absolute atomic E-state index is 13.8. The molecule has 1 aromatic carbocycles. The van der Waals surface area contributed by atoms with Gasteiger partial charge >= 0.3 is 17.9 Å². The quantitative estimate of drug-likeness (QED) is 0.237. The number of hydrogen-bond acceptors (Lipinski definition) is 12. The highest BCUT2D eigenvalue weighted by Gasteiger charge is 2.91. The molecule has 1 spiro atoms. The highest BCUT2D eigenvalue weighted by molar-refractivity contribution is 5.91. The van der Waals surface area contributed by atoms with Gasteiger partial charge in [-0.1, -0.05) is 18.2 Å². The van der Waals surface area contributed by atoms with Gasteiger partial charge in [-0.05, 0) is 44.4 Å². The van der Waals surface area contributed by atoms with Crippen LogP contribution in [0.3, 0.4) is 0 Å². The highest BCUT2D eigenvalue weighted by Crippen LogP contribution is 2.80. The highest BCUT2D eigenvalue weighted by atomic mass is 16.6. The molecular formula is C35H45NO12. The van der Waals surface area contributed by atoms with Crippen molar-refractivity contribution in [2.75, 3.05) is 48.6 Å². The summed E-state index contributed by atoms with van der Waals surface area (Å²) in [7, 11) is 8.32. The fourth-order valence-electron chi connectivity index (χ4n) is 12.4. The van der Waals surface area contributed by atoms with Gasteiger partial charge in [-0.2, -0.15) is 0 Å². The third-order valence-electron chi connectivity index (χ3n) is 13.1. The molecule has 0 amide bonds. The van der Waals surface area contributed by atoms with Gasteiger partial charge in [0.2, 0.25) is 0 Å². The molecule has 0 aromatic heterocycles. The Morgan fingerprint density at radius 2 is 1.73 bits per heavy atom. The van der Waals surface area contributed by atoms with E-state index in [1.807, 2.05) is 7.05 Å². The summed E-state index contributed by atoms with van der Waals surface area (Å²) < 4.78 is 37.4. The third kappa shape index (κ3) is 4.06. The number of carbonyl (C=O) groups is 3. The van der Waals surface area contributed by atoms with Crippen LogP contribution in [0.15, 0.2) is 42.5 Å². The molecule has 14 atom stereocenters. The van der Waals surface area contributed by atoms with E-state index >= 15 is 0 Å². The Hall–Kier alpha value is -2.91. The molecule has 5 aliphatic carbocycles. The average Bonchev–Trinajstić information content (AvgIpc) is 3.45. The molecule has 0 radical (unpaired) electrons. The van der Waals surface area contributed by atoms with Crippen molar-refractivity contribution in [1.29, 1.82) is 0 Å². The smallest absolute Gasteiger partial charge is 0.338 e. The van der Waals surface area contributed by atoms with Gasteiger partial charge in [0.25, 0.3) is 0 Å². The summed E-state index contributed by atoms with van der Waals surface area (Å²) >= 11 is 0. The molecule has 13 heteroatoms. The van der Waals surface area contributed by atoms with Crippen LogP contribution < -0.4 is 0 Å². The van der Waals surface area contributed by atoms with E-state index in [9.17, 15) is 29.7 Å². The number of aliphatic hydroxyl groups excluding tert-OH is 1. The number of nitrogens with zero attached hydrogens (tertiary/aromatic N) is 1. The van der Waals surface area contributed by atoms with Crippen LogP contribution in [0.25, 0.3) is 0 Å². The van der Waals surface area contributed by atoms with Gasteiger partial charge in [-0.15, -0.1) is 0 Å². The minimum Gasteiger partial charge on any atom is -0.478 e. The fourth-order valence-corrected chi connectivity index (χ4v) is 12.4. The fraction of sp³-hybridized carbons (Fsp3) is 0.686. The molecule has 1 saturated heterocycles. The van der Waals surface area contributed by atoms with E-state index in [4.69, 9.17) is 28.4 Å². The van der Waals surface area contributed by atoms with E-state index in [0.717, 1.165) is 12.5 Å². The van der Waals surface area contributed by atoms with Crippen molar-refractivity contribution < 1.29 is 58.1 Å². The number of ether oxygens (including phenoxy) is 6. The Morgan fingerprint density at radius 3 is 2.35 bits per heavy atom. The van der Waals surface area contributed by atoms with Crippen LogP contribution >= 0.6 is 0 Å². The minimum absolute atomic E-state index is 0.0527. The van der Waals surface area contributed by atoms with E-state index in [2.05, 4.69) is 4.90 Å². The largest absolute Gasteiger partial charge is 0.478 e. The first kappa shape index (κ1) is 33.6. The molecule has 48 heavy (non-hydrogen) atoms. The van der Waals surface area contributed by atoms with Crippen molar-refractivity contribution >= 4 is 17.9 Å². The molecule has 6 fully saturated rings. The Labute approximate surface area is 279 Å². The molecule has 7 bridgehead atoms. The molecule has 6 aliphatic rings. The third-order valence-corrected chi connectivity index (χ3v) is 13.1. The molecule has 1 aromatic rings. The maximum atomic E-state index is 13.8. The summed E-state index contributed by atoms with van der Waals surface area (Å²) in [6.07, 6.45) is -2.16. The second-order valence-corrected chi connectivity index (χ2v) is 14.7. The average molecular weight is 672 g/mol. The van der Waals surface area contributed by atoms with E-state index < -0.39 is 82.1 Å². The SMILES string of the molecule is COC[C@@]12CC[C@H](OC)[C@]34C([C@H]([C@H](OC)[C@H]13)[C@]1(OC(=O)/C=C/C(=O)O)[C@H]3[C@@H](OC(=O)c5ccccc5)[C@](O)(C[C@H]34)[C@@H](OC)[C@@H]1O)N(C)C2. The number of aliphatic carboxylic acids is 1. The molecule has 1 aliphatic heterocycles. The summed E-state index contributed by atoms with van der Waals surface area (Å²) in [6, 6.07) is 8.02.